The Labute approximate surface area is 171 Å². The molecule has 0 spiro atoms. The second-order valence-corrected chi connectivity index (χ2v) is 7.12. The van der Waals surface area contributed by atoms with Crippen LogP contribution in [0.4, 0.5) is 0 Å². The highest BCUT2D eigenvalue weighted by Gasteiger charge is 2.14. The molecule has 2 aromatic rings. The summed E-state index contributed by atoms with van der Waals surface area (Å²) in [7, 11) is 0. The van der Waals surface area contributed by atoms with Gasteiger partial charge >= 0.3 is 11.9 Å². The third-order valence-corrected chi connectivity index (χ3v) is 4.71. The Morgan fingerprint density at radius 1 is 0.759 bits per heavy atom. The van der Waals surface area contributed by atoms with Gasteiger partial charge in [-0.25, -0.2) is 0 Å². The number of amides is 2. The summed E-state index contributed by atoms with van der Waals surface area (Å²) in [4.78, 5) is 46.5. The smallest absolute Gasteiger partial charge is 0.321 e. The molecule has 2 aromatic carbocycles. The van der Waals surface area contributed by atoms with Crippen molar-refractivity contribution in [2.45, 2.75) is 13.8 Å². The van der Waals surface area contributed by atoms with E-state index in [1.165, 1.54) is 24.3 Å². The summed E-state index contributed by atoms with van der Waals surface area (Å²) in [6, 6.07) is 9.10. The van der Waals surface area contributed by atoms with E-state index >= 15 is 0 Å². The van der Waals surface area contributed by atoms with Crippen molar-refractivity contribution in [3.8, 4) is 11.5 Å². The second kappa shape index (κ2) is 9.74. The minimum absolute atomic E-state index is 0.102. The molecule has 2 amide bonds. The van der Waals surface area contributed by atoms with Crippen LogP contribution in [0.15, 0.2) is 36.4 Å². The Hall–Kier alpha value is -3.33. The number of primary amides is 2. The molecule has 2 rings (SSSR count). The molecule has 0 aliphatic heterocycles. The number of nitrogens with two attached hydrogens (primary N) is 2. The summed E-state index contributed by atoms with van der Waals surface area (Å²) in [5.41, 5.74) is 12.2. The lowest BCUT2D eigenvalue weighted by Gasteiger charge is -2.09. The number of hydrogen-bond acceptors (Lipinski definition) is 7. The van der Waals surface area contributed by atoms with Gasteiger partial charge < -0.3 is 20.9 Å². The standard InChI is InChI=1S/C20H20N2O6S/c1-11-3-5-13(19(21)25)7-15(11)27-17(23)9-29-10-18(24)28-16-8-14(20(22)26)6-4-12(16)2/h3-8H,9-10H2,1-2H3,(H2,21,25)(H2,22,26). The number of ether oxygens (including phenoxy) is 2. The minimum atomic E-state index is -0.630. The Bertz CT molecular complexity index is 896. The van der Waals surface area contributed by atoms with E-state index in [0.717, 1.165) is 11.8 Å². The van der Waals surface area contributed by atoms with Gasteiger partial charge in [0.2, 0.25) is 11.8 Å². The Kier molecular flexibility index (Phi) is 7.38. The van der Waals surface area contributed by atoms with Crippen molar-refractivity contribution >= 4 is 35.5 Å². The zero-order valence-corrected chi connectivity index (χ0v) is 16.7. The first-order valence-corrected chi connectivity index (χ1v) is 9.63. The molecule has 0 aliphatic carbocycles. The lowest BCUT2D eigenvalue weighted by molar-refractivity contribution is -0.131. The number of rotatable bonds is 8. The summed E-state index contributed by atoms with van der Waals surface area (Å²) < 4.78 is 10.5. The van der Waals surface area contributed by atoms with Gasteiger partial charge in [0, 0.05) is 11.1 Å². The van der Waals surface area contributed by atoms with Crippen LogP contribution in [0.2, 0.25) is 0 Å². The second-order valence-electron chi connectivity index (χ2n) is 6.13. The Balaban J connectivity index is 1.87. The summed E-state index contributed by atoms with van der Waals surface area (Å²) in [6.45, 7) is 3.45. The van der Waals surface area contributed by atoms with E-state index in [2.05, 4.69) is 0 Å². The first-order valence-electron chi connectivity index (χ1n) is 8.47. The summed E-state index contributed by atoms with van der Waals surface area (Å²) in [5, 5.41) is 0. The summed E-state index contributed by atoms with van der Waals surface area (Å²) in [5.74, 6) is -2.17. The fourth-order valence-corrected chi connectivity index (χ4v) is 2.80. The maximum Gasteiger partial charge on any atom is 0.321 e. The number of esters is 2. The van der Waals surface area contributed by atoms with Gasteiger partial charge in [-0.2, -0.15) is 0 Å². The zero-order chi connectivity index (χ0) is 21.6. The molecular formula is C20H20N2O6S. The van der Waals surface area contributed by atoms with Crippen molar-refractivity contribution in [1.82, 2.24) is 0 Å². The molecule has 0 fully saturated rings. The van der Waals surface area contributed by atoms with Gasteiger partial charge in [-0.1, -0.05) is 12.1 Å². The monoisotopic (exact) mass is 416 g/mol. The van der Waals surface area contributed by atoms with Crippen LogP contribution in [0.5, 0.6) is 11.5 Å². The SMILES string of the molecule is Cc1ccc(C(N)=O)cc1OC(=O)CSCC(=O)Oc1cc(C(N)=O)ccc1C. The Morgan fingerprint density at radius 3 is 1.48 bits per heavy atom. The van der Waals surface area contributed by atoms with Gasteiger partial charge in [0.1, 0.15) is 11.5 Å². The van der Waals surface area contributed by atoms with E-state index in [-0.39, 0.29) is 34.1 Å². The number of aryl methyl sites for hydroxylation is 2. The average molecular weight is 416 g/mol. The lowest BCUT2D eigenvalue weighted by Crippen LogP contribution is -2.17. The molecule has 9 heteroatoms. The van der Waals surface area contributed by atoms with Crippen molar-refractivity contribution in [1.29, 1.82) is 0 Å². The fourth-order valence-electron chi connectivity index (χ4n) is 2.25. The maximum absolute atomic E-state index is 12.0. The van der Waals surface area contributed by atoms with Gasteiger partial charge in [-0.05, 0) is 49.2 Å². The molecule has 0 bridgehead atoms. The predicted octanol–water partition coefficient (Wildman–Crippen LogP) is 1.75. The first kappa shape index (κ1) is 22.0. The summed E-state index contributed by atoms with van der Waals surface area (Å²) >= 11 is 1.01. The van der Waals surface area contributed by atoms with Crippen molar-refractivity contribution in [2.75, 3.05) is 11.5 Å². The van der Waals surface area contributed by atoms with Gasteiger partial charge in [-0.15, -0.1) is 11.8 Å². The highest BCUT2D eigenvalue weighted by atomic mass is 32.2. The summed E-state index contributed by atoms with van der Waals surface area (Å²) in [6.07, 6.45) is 0. The number of carbonyl (C=O) groups excluding carboxylic acids is 4. The van der Waals surface area contributed by atoms with Crippen LogP contribution in [-0.2, 0) is 9.59 Å². The third kappa shape index (κ3) is 6.35. The van der Waals surface area contributed by atoms with E-state index in [1.54, 1.807) is 26.0 Å². The number of benzene rings is 2. The molecule has 0 aromatic heterocycles. The maximum atomic E-state index is 12.0. The van der Waals surface area contributed by atoms with E-state index < -0.39 is 23.8 Å². The number of thioether (sulfide) groups is 1. The molecule has 152 valence electrons. The average Bonchev–Trinajstić information content (AvgIpc) is 2.65. The highest BCUT2D eigenvalue weighted by Crippen LogP contribution is 2.21. The van der Waals surface area contributed by atoms with E-state index in [4.69, 9.17) is 20.9 Å². The Morgan fingerprint density at radius 2 is 1.14 bits per heavy atom. The van der Waals surface area contributed by atoms with Crippen molar-refractivity contribution < 1.29 is 28.7 Å². The molecule has 0 saturated carbocycles. The van der Waals surface area contributed by atoms with Gasteiger partial charge in [0.05, 0.1) is 11.5 Å². The lowest BCUT2D eigenvalue weighted by atomic mass is 10.1. The van der Waals surface area contributed by atoms with Gasteiger partial charge in [0.25, 0.3) is 0 Å². The van der Waals surface area contributed by atoms with Crippen LogP contribution in [0.1, 0.15) is 31.8 Å². The highest BCUT2D eigenvalue weighted by molar-refractivity contribution is 8.00. The van der Waals surface area contributed by atoms with Crippen molar-refractivity contribution in [3.05, 3.63) is 58.7 Å². The fraction of sp³-hybridized carbons (Fsp3) is 0.200. The van der Waals surface area contributed by atoms with Crippen LogP contribution in [0.3, 0.4) is 0 Å². The molecule has 0 atom stereocenters. The van der Waals surface area contributed by atoms with E-state index in [9.17, 15) is 19.2 Å². The molecule has 0 saturated heterocycles. The number of carbonyl (C=O) groups is 4. The minimum Gasteiger partial charge on any atom is -0.426 e. The van der Waals surface area contributed by atoms with Crippen LogP contribution in [0, 0.1) is 13.8 Å². The first-order chi connectivity index (χ1) is 13.7. The van der Waals surface area contributed by atoms with Gasteiger partial charge in [-0.3, -0.25) is 19.2 Å². The van der Waals surface area contributed by atoms with Crippen molar-refractivity contribution in [2.24, 2.45) is 11.5 Å². The molecule has 4 N–H and O–H groups in total. The van der Waals surface area contributed by atoms with Crippen LogP contribution in [0.25, 0.3) is 0 Å². The molecule has 0 aliphatic rings. The molecule has 0 radical (unpaired) electrons. The van der Waals surface area contributed by atoms with Crippen molar-refractivity contribution in [3.63, 3.8) is 0 Å². The number of hydrogen-bond donors (Lipinski definition) is 2. The molecule has 0 heterocycles. The van der Waals surface area contributed by atoms with Crippen LogP contribution >= 0.6 is 11.8 Å². The largest absolute Gasteiger partial charge is 0.426 e. The molecule has 29 heavy (non-hydrogen) atoms. The predicted molar refractivity (Wildman–Crippen MR) is 108 cm³/mol. The molecule has 8 nitrogen and oxygen atoms in total. The van der Waals surface area contributed by atoms with Gasteiger partial charge in [0.15, 0.2) is 0 Å². The molecule has 0 unspecified atom stereocenters. The van der Waals surface area contributed by atoms with E-state index in [0.29, 0.717) is 11.1 Å². The van der Waals surface area contributed by atoms with Crippen LogP contribution in [-0.4, -0.2) is 35.3 Å². The third-order valence-electron chi connectivity index (χ3n) is 3.83. The van der Waals surface area contributed by atoms with E-state index in [1.807, 2.05) is 0 Å². The van der Waals surface area contributed by atoms with Crippen LogP contribution < -0.4 is 20.9 Å². The molecular weight excluding hydrogens is 396 g/mol. The topological polar surface area (TPSA) is 139 Å². The zero-order valence-electron chi connectivity index (χ0n) is 15.9. The normalized spacial score (nSPS) is 10.3. The quantitative estimate of drug-likeness (QED) is 0.493.